The van der Waals surface area contributed by atoms with E-state index in [1.807, 2.05) is 19.3 Å². The van der Waals surface area contributed by atoms with Crippen molar-refractivity contribution < 1.29 is 0 Å². The lowest BCUT2D eigenvalue weighted by molar-refractivity contribution is 0.502. The van der Waals surface area contributed by atoms with Crippen molar-refractivity contribution in [2.45, 2.75) is 45.7 Å². The van der Waals surface area contributed by atoms with Gasteiger partial charge in [0.05, 0.1) is 16.4 Å². The van der Waals surface area contributed by atoms with E-state index in [1.165, 1.54) is 24.8 Å². The van der Waals surface area contributed by atoms with Gasteiger partial charge >= 0.3 is 0 Å². The molecule has 6 nitrogen and oxygen atoms in total. The topological polar surface area (TPSA) is 78.5 Å². The number of hydrogen-bond acceptors (Lipinski definition) is 6. The van der Waals surface area contributed by atoms with Crippen molar-refractivity contribution in [3.05, 3.63) is 54.0 Å². The molecule has 3 N–H and O–H groups in total. The quantitative estimate of drug-likeness (QED) is 0.390. The van der Waals surface area contributed by atoms with Gasteiger partial charge in [0, 0.05) is 30.0 Å². The lowest BCUT2D eigenvalue weighted by Gasteiger charge is -2.12. The zero-order chi connectivity index (χ0) is 20.5. The van der Waals surface area contributed by atoms with Crippen molar-refractivity contribution in [2.75, 3.05) is 5.32 Å². The molecule has 1 saturated carbocycles. The maximum Gasteiger partial charge on any atom is 0.189 e. The van der Waals surface area contributed by atoms with Gasteiger partial charge in [-0.05, 0) is 67.5 Å². The maximum atomic E-state index is 4.73. The lowest BCUT2D eigenvalue weighted by atomic mass is 10.1. The van der Waals surface area contributed by atoms with Crippen LogP contribution in [0.3, 0.4) is 0 Å². The number of anilines is 2. The van der Waals surface area contributed by atoms with E-state index in [0.717, 1.165) is 50.4 Å². The SMILES string of the molecule is Cc1[nH]ncc1-c1ccc2nc(Nc3cc(CN[C@H]4CC[C@@H](C)C4)ccn3)sc2c1. The minimum absolute atomic E-state index is 0.641. The van der Waals surface area contributed by atoms with Crippen molar-refractivity contribution in [2.24, 2.45) is 5.92 Å². The Kier molecular flexibility index (Phi) is 5.23. The van der Waals surface area contributed by atoms with Crippen LogP contribution in [0.4, 0.5) is 10.9 Å². The van der Waals surface area contributed by atoms with E-state index in [9.17, 15) is 0 Å². The van der Waals surface area contributed by atoms with Gasteiger partial charge in [-0.15, -0.1) is 0 Å². The highest BCUT2D eigenvalue weighted by Crippen LogP contribution is 2.32. The van der Waals surface area contributed by atoms with Crippen molar-refractivity contribution in [3.8, 4) is 11.1 Å². The van der Waals surface area contributed by atoms with Crippen LogP contribution in [0.5, 0.6) is 0 Å². The second kappa shape index (κ2) is 8.16. The van der Waals surface area contributed by atoms with E-state index in [-0.39, 0.29) is 0 Å². The van der Waals surface area contributed by atoms with Crippen LogP contribution < -0.4 is 10.6 Å². The van der Waals surface area contributed by atoms with Gasteiger partial charge in [-0.3, -0.25) is 5.10 Å². The summed E-state index contributed by atoms with van der Waals surface area (Å²) in [5.74, 6) is 1.67. The normalized spacial score (nSPS) is 18.9. The molecule has 0 unspecified atom stereocenters. The summed E-state index contributed by atoms with van der Waals surface area (Å²) >= 11 is 1.64. The Bertz CT molecular complexity index is 1160. The molecule has 1 aliphatic carbocycles. The molecule has 1 aromatic carbocycles. The van der Waals surface area contributed by atoms with E-state index in [2.05, 4.69) is 63.1 Å². The number of thiazole rings is 1. The zero-order valence-electron chi connectivity index (χ0n) is 17.3. The minimum atomic E-state index is 0.641. The highest BCUT2D eigenvalue weighted by molar-refractivity contribution is 7.22. The highest BCUT2D eigenvalue weighted by Gasteiger charge is 2.20. The minimum Gasteiger partial charge on any atom is -0.316 e. The van der Waals surface area contributed by atoms with Crippen LogP contribution in [-0.4, -0.2) is 26.2 Å². The third-order valence-corrected chi connectivity index (χ3v) is 6.81. The molecule has 0 amide bonds. The van der Waals surface area contributed by atoms with Gasteiger partial charge in [-0.25, -0.2) is 9.97 Å². The van der Waals surface area contributed by atoms with Gasteiger partial charge in [-0.2, -0.15) is 5.10 Å². The number of pyridine rings is 1. The Hall–Kier alpha value is -2.77. The predicted octanol–water partition coefficient (Wildman–Crippen LogP) is 5.41. The summed E-state index contributed by atoms with van der Waals surface area (Å²) in [6.07, 6.45) is 7.63. The second-order valence-electron chi connectivity index (χ2n) is 8.28. The largest absolute Gasteiger partial charge is 0.316 e. The smallest absolute Gasteiger partial charge is 0.189 e. The van der Waals surface area contributed by atoms with Crippen LogP contribution in [0.25, 0.3) is 21.3 Å². The fourth-order valence-electron chi connectivity index (χ4n) is 4.20. The van der Waals surface area contributed by atoms with E-state index in [0.29, 0.717) is 6.04 Å². The maximum absolute atomic E-state index is 4.73. The number of fused-ring (bicyclic) bond motifs is 1. The van der Waals surface area contributed by atoms with Gasteiger partial charge < -0.3 is 10.6 Å². The Labute approximate surface area is 180 Å². The number of benzene rings is 1. The van der Waals surface area contributed by atoms with Crippen LogP contribution in [0.2, 0.25) is 0 Å². The molecule has 1 aliphatic rings. The number of H-pyrrole nitrogens is 1. The average Bonchev–Trinajstić information content (AvgIpc) is 3.45. The van der Waals surface area contributed by atoms with Gasteiger partial charge in [0.25, 0.3) is 0 Å². The van der Waals surface area contributed by atoms with Gasteiger partial charge in [0.1, 0.15) is 5.82 Å². The van der Waals surface area contributed by atoms with Gasteiger partial charge in [0.15, 0.2) is 5.13 Å². The first-order valence-corrected chi connectivity index (χ1v) is 11.3. The second-order valence-corrected chi connectivity index (χ2v) is 9.31. The number of aromatic amines is 1. The van der Waals surface area contributed by atoms with Crippen molar-refractivity contribution in [3.63, 3.8) is 0 Å². The van der Waals surface area contributed by atoms with Crippen LogP contribution in [-0.2, 0) is 6.54 Å². The first-order valence-electron chi connectivity index (χ1n) is 10.5. The number of aryl methyl sites for hydroxylation is 1. The Morgan fingerprint density at radius 3 is 2.93 bits per heavy atom. The molecular weight excluding hydrogens is 392 g/mol. The summed E-state index contributed by atoms with van der Waals surface area (Å²) in [4.78, 5) is 9.21. The number of hydrogen-bond donors (Lipinski definition) is 3. The summed E-state index contributed by atoms with van der Waals surface area (Å²) in [6.45, 7) is 5.25. The summed E-state index contributed by atoms with van der Waals surface area (Å²) in [6, 6.07) is 11.2. The fraction of sp³-hybridized carbons (Fsp3) is 0.348. The van der Waals surface area contributed by atoms with Crippen molar-refractivity contribution in [1.29, 1.82) is 0 Å². The third kappa shape index (κ3) is 4.08. The molecule has 0 saturated heterocycles. The van der Waals surface area contributed by atoms with Crippen molar-refractivity contribution in [1.82, 2.24) is 25.5 Å². The van der Waals surface area contributed by atoms with Gasteiger partial charge in [-0.1, -0.05) is 24.3 Å². The van der Waals surface area contributed by atoms with Crippen LogP contribution in [0, 0.1) is 12.8 Å². The molecule has 2 atom stereocenters. The van der Waals surface area contributed by atoms with Crippen LogP contribution in [0.1, 0.15) is 37.4 Å². The molecule has 154 valence electrons. The summed E-state index contributed by atoms with van der Waals surface area (Å²) < 4.78 is 1.14. The summed E-state index contributed by atoms with van der Waals surface area (Å²) in [7, 11) is 0. The molecule has 0 aliphatic heterocycles. The Morgan fingerprint density at radius 2 is 2.13 bits per heavy atom. The van der Waals surface area contributed by atoms with E-state index in [4.69, 9.17) is 4.98 Å². The number of rotatable bonds is 6. The van der Waals surface area contributed by atoms with Crippen molar-refractivity contribution >= 4 is 32.5 Å². The molecular formula is C23H26N6S. The van der Waals surface area contributed by atoms with Crippen LogP contribution >= 0.6 is 11.3 Å². The summed E-state index contributed by atoms with van der Waals surface area (Å²) in [5, 5.41) is 15.1. The molecule has 1 fully saturated rings. The van der Waals surface area contributed by atoms with Crippen LogP contribution in [0.15, 0.2) is 42.7 Å². The number of nitrogens with one attached hydrogen (secondary N) is 3. The molecule has 0 spiro atoms. The molecule has 0 bridgehead atoms. The zero-order valence-corrected chi connectivity index (χ0v) is 18.1. The van der Waals surface area contributed by atoms with E-state index >= 15 is 0 Å². The highest BCUT2D eigenvalue weighted by atomic mass is 32.1. The molecule has 0 radical (unpaired) electrons. The molecule has 30 heavy (non-hydrogen) atoms. The first-order chi connectivity index (χ1) is 14.6. The van der Waals surface area contributed by atoms with Gasteiger partial charge in [0.2, 0.25) is 0 Å². The number of nitrogens with zero attached hydrogens (tertiary/aromatic N) is 3. The van der Waals surface area contributed by atoms with E-state index in [1.54, 1.807) is 11.3 Å². The monoisotopic (exact) mass is 418 g/mol. The lowest BCUT2D eigenvalue weighted by Crippen LogP contribution is -2.25. The molecule has 3 heterocycles. The summed E-state index contributed by atoms with van der Waals surface area (Å²) in [5.41, 5.74) is 5.57. The number of aromatic nitrogens is 4. The molecule has 3 aromatic heterocycles. The fourth-order valence-corrected chi connectivity index (χ4v) is 5.12. The Balaban J connectivity index is 1.30. The predicted molar refractivity (Wildman–Crippen MR) is 123 cm³/mol. The Morgan fingerprint density at radius 1 is 1.20 bits per heavy atom. The van der Waals surface area contributed by atoms with E-state index < -0.39 is 0 Å². The first kappa shape index (κ1) is 19.2. The molecule has 4 aromatic rings. The third-order valence-electron chi connectivity index (χ3n) is 5.88. The standard InChI is InChI=1S/C23H26N6S/c1-14-3-5-18(9-14)25-12-16-7-8-24-22(10-16)28-23-27-20-6-4-17(11-21(20)30-23)19-13-26-29-15(19)2/h4,6-8,10-11,13-14,18,25H,3,5,9,12H2,1-2H3,(H,26,29)(H,24,27,28)/t14-,18+/m1/s1. The molecule has 7 heteroatoms. The average molecular weight is 419 g/mol. The molecule has 5 rings (SSSR count).